The van der Waals surface area contributed by atoms with Gasteiger partial charge in [0.15, 0.2) is 0 Å². The topological polar surface area (TPSA) is 52.6 Å². The Kier molecular flexibility index (Phi) is 4.35. The molecule has 82 valence electrons. The molecule has 0 aromatic carbocycles. The van der Waals surface area contributed by atoms with Crippen LogP contribution in [0.3, 0.4) is 0 Å². The molecule has 0 atom stereocenters. The molecule has 1 amide bonds. The molecule has 0 heterocycles. The van der Waals surface area contributed by atoms with Crippen LogP contribution in [0.2, 0.25) is 0 Å². The molecule has 1 saturated carbocycles. The van der Waals surface area contributed by atoms with Crippen molar-refractivity contribution in [3.63, 3.8) is 0 Å². The highest BCUT2D eigenvalue weighted by Crippen LogP contribution is 2.27. The first kappa shape index (κ1) is 11.5. The Labute approximate surface area is 85.3 Å². The summed E-state index contributed by atoms with van der Waals surface area (Å²) >= 11 is 0. The van der Waals surface area contributed by atoms with Crippen molar-refractivity contribution in [2.75, 3.05) is 26.7 Å². The van der Waals surface area contributed by atoms with E-state index in [-0.39, 0.29) is 12.0 Å². The smallest absolute Gasteiger partial charge is 0.236 e. The fourth-order valence-electron chi connectivity index (χ4n) is 1.71. The molecule has 0 spiro atoms. The van der Waals surface area contributed by atoms with Crippen LogP contribution in [0.15, 0.2) is 0 Å². The fraction of sp³-hybridized carbons (Fsp3) is 0.900. The highest BCUT2D eigenvalue weighted by atomic mass is 16.3. The number of hydrogen-bond acceptors (Lipinski definition) is 3. The van der Waals surface area contributed by atoms with Gasteiger partial charge < -0.3 is 15.3 Å². The predicted octanol–water partition coefficient (Wildman–Crippen LogP) is -0.175. The van der Waals surface area contributed by atoms with Gasteiger partial charge in [-0.05, 0) is 25.3 Å². The predicted molar refractivity (Wildman–Crippen MR) is 54.9 cm³/mol. The molecule has 2 N–H and O–H groups in total. The summed E-state index contributed by atoms with van der Waals surface area (Å²) in [6.45, 7) is 4.00. The van der Waals surface area contributed by atoms with Gasteiger partial charge in [-0.3, -0.25) is 4.79 Å². The summed E-state index contributed by atoms with van der Waals surface area (Å²) in [6, 6.07) is 0. The molecule has 1 rings (SSSR count). The SMILES string of the molecule is CCNCC(=O)N(C)CC1CC(O)C1. The molecule has 0 unspecified atom stereocenters. The van der Waals surface area contributed by atoms with Crippen molar-refractivity contribution in [2.45, 2.75) is 25.9 Å². The van der Waals surface area contributed by atoms with E-state index in [9.17, 15) is 4.79 Å². The fourth-order valence-corrected chi connectivity index (χ4v) is 1.71. The lowest BCUT2D eigenvalue weighted by Gasteiger charge is -2.34. The number of likely N-dealkylation sites (N-methyl/N-ethyl adjacent to an activating group) is 2. The molecule has 1 aliphatic rings. The van der Waals surface area contributed by atoms with Crippen molar-refractivity contribution < 1.29 is 9.90 Å². The Morgan fingerprint density at radius 3 is 2.71 bits per heavy atom. The normalized spacial score (nSPS) is 25.6. The minimum Gasteiger partial charge on any atom is -0.393 e. The van der Waals surface area contributed by atoms with Crippen LogP contribution in [0, 0.1) is 5.92 Å². The molecule has 0 aliphatic heterocycles. The Hall–Kier alpha value is -0.610. The van der Waals surface area contributed by atoms with Crippen LogP contribution < -0.4 is 5.32 Å². The second kappa shape index (κ2) is 5.32. The third-order valence-corrected chi connectivity index (χ3v) is 2.69. The minimum absolute atomic E-state index is 0.128. The van der Waals surface area contributed by atoms with Gasteiger partial charge in [0.1, 0.15) is 0 Å². The highest BCUT2D eigenvalue weighted by Gasteiger charge is 2.28. The van der Waals surface area contributed by atoms with E-state index < -0.39 is 0 Å². The molecule has 0 aromatic heterocycles. The van der Waals surface area contributed by atoms with Crippen LogP contribution in [0.1, 0.15) is 19.8 Å². The van der Waals surface area contributed by atoms with Crippen molar-refractivity contribution >= 4 is 5.91 Å². The molecular formula is C10H20N2O2. The van der Waals surface area contributed by atoms with Crippen LogP contribution in [-0.2, 0) is 4.79 Å². The zero-order valence-electron chi connectivity index (χ0n) is 8.99. The van der Waals surface area contributed by atoms with Crippen LogP contribution in [0.5, 0.6) is 0 Å². The summed E-state index contributed by atoms with van der Waals surface area (Å²) < 4.78 is 0. The number of rotatable bonds is 5. The first-order valence-corrected chi connectivity index (χ1v) is 5.26. The number of nitrogens with zero attached hydrogens (tertiary/aromatic N) is 1. The number of aliphatic hydroxyl groups excluding tert-OH is 1. The zero-order valence-corrected chi connectivity index (χ0v) is 8.99. The van der Waals surface area contributed by atoms with Gasteiger partial charge in [-0.25, -0.2) is 0 Å². The second-order valence-corrected chi connectivity index (χ2v) is 4.05. The number of carbonyl (C=O) groups excluding carboxylic acids is 1. The quantitative estimate of drug-likeness (QED) is 0.647. The Morgan fingerprint density at radius 2 is 2.21 bits per heavy atom. The van der Waals surface area contributed by atoms with E-state index in [2.05, 4.69) is 5.32 Å². The standard InChI is InChI=1S/C10H20N2O2/c1-3-11-6-10(14)12(2)7-8-4-9(13)5-8/h8-9,11,13H,3-7H2,1-2H3. The minimum atomic E-state index is -0.128. The summed E-state index contributed by atoms with van der Waals surface area (Å²) in [4.78, 5) is 13.2. The van der Waals surface area contributed by atoms with E-state index in [1.807, 2.05) is 14.0 Å². The summed E-state index contributed by atoms with van der Waals surface area (Å²) in [5, 5.41) is 12.1. The van der Waals surface area contributed by atoms with E-state index in [1.165, 1.54) is 0 Å². The van der Waals surface area contributed by atoms with Gasteiger partial charge in [0.25, 0.3) is 0 Å². The molecule has 0 aromatic rings. The zero-order chi connectivity index (χ0) is 10.6. The van der Waals surface area contributed by atoms with Gasteiger partial charge in [-0.15, -0.1) is 0 Å². The lowest BCUT2D eigenvalue weighted by Crippen LogP contribution is -2.42. The Morgan fingerprint density at radius 1 is 1.57 bits per heavy atom. The maximum absolute atomic E-state index is 11.5. The summed E-state index contributed by atoms with van der Waals surface area (Å²) in [5.74, 6) is 0.633. The highest BCUT2D eigenvalue weighted by molar-refractivity contribution is 5.77. The number of nitrogens with one attached hydrogen (secondary N) is 1. The average molecular weight is 200 g/mol. The molecule has 0 bridgehead atoms. The number of amides is 1. The van der Waals surface area contributed by atoms with E-state index >= 15 is 0 Å². The van der Waals surface area contributed by atoms with Gasteiger partial charge in [0.05, 0.1) is 12.6 Å². The first-order valence-electron chi connectivity index (χ1n) is 5.26. The van der Waals surface area contributed by atoms with E-state index in [0.717, 1.165) is 25.9 Å². The van der Waals surface area contributed by atoms with Crippen LogP contribution >= 0.6 is 0 Å². The number of aliphatic hydroxyl groups is 1. The average Bonchev–Trinajstić information content (AvgIpc) is 2.11. The monoisotopic (exact) mass is 200 g/mol. The molecule has 0 saturated heterocycles. The van der Waals surface area contributed by atoms with Gasteiger partial charge in [0.2, 0.25) is 5.91 Å². The van der Waals surface area contributed by atoms with Gasteiger partial charge in [-0.2, -0.15) is 0 Å². The lowest BCUT2D eigenvalue weighted by molar-refractivity contribution is -0.130. The van der Waals surface area contributed by atoms with Crippen molar-refractivity contribution in [2.24, 2.45) is 5.92 Å². The van der Waals surface area contributed by atoms with E-state index in [0.29, 0.717) is 12.5 Å². The molecule has 4 nitrogen and oxygen atoms in total. The third kappa shape index (κ3) is 3.27. The molecule has 4 heteroatoms. The molecular weight excluding hydrogens is 180 g/mol. The van der Waals surface area contributed by atoms with Gasteiger partial charge >= 0.3 is 0 Å². The van der Waals surface area contributed by atoms with Crippen molar-refractivity contribution in [3.8, 4) is 0 Å². The van der Waals surface area contributed by atoms with Crippen molar-refractivity contribution in [1.29, 1.82) is 0 Å². The summed E-state index contributed by atoms with van der Waals surface area (Å²) in [5.41, 5.74) is 0. The Balaban J connectivity index is 2.14. The van der Waals surface area contributed by atoms with Crippen LogP contribution in [0.25, 0.3) is 0 Å². The Bertz CT molecular complexity index is 191. The molecule has 1 fully saturated rings. The number of carbonyl (C=O) groups is 1. The van der Waals surface area contributed by atoms with Crippen LogP contribution in [-0.4, -0.2) is 48.7 Å². The maximum Gasteiger partial charge on any atom is 0.236 e. The first-order chi connectivity index (χ1) is 6.63. The summed E-state index contributed by atoms with van der Waals surface area (Å²) in [7, 11) is 1.82. The van der Waals surface area contributed by atoms with Crippen LogP contribution in [0.4, 0.5) is 0 Å². The van der Waals surface area contributed by atoms with E-state index in [1.54, 1.807) is 4.90 Å². The lowest BCUT2D eigenvalue weighted by atomic mass is 9.82. The molecule has 0 radical (unpaired) electrons. The summed E-state index contributed by atoms with van der Waals surface area (Å²) in [6.07, 6.45) is 1.56. The molecule has 1 aliphatic carbocycles. The van der Waals surface area contributed by atoms with Gasteiger partial charge in [0, 0.05) is 13.6 Å². The number of hydrogen-bond donors (Lipinski definition) is 2. The van der Waals surface area contributed by atoms with E-state index in [4.69, 9.17) is 5.11 Å². The van der Waals surface area contributed by atoms with Crippen molar-refractivity contribution in [1.82, 2.24) is 10.2 Å². The largest absolute Gasteiger partial charge is 0.393 e. The molecule has 14 heavy (non-hydrogen) atoms. The second-order valence-electron chi connectivity index (χ2n) is 4.05. The van der Waals surface area contributed by atoms with Gasteiger partial charge in [-0.1, -0.05) is 6.92 Å². The van der Waals surface area contributed by atoms with Crippen molar-refractivity contribution in [3.05, 3.63) is 0 Å². The third-order valence-electron chi connectivity index (χ3n) is 2.69. The maximum atomic E-state index is 11.5.